The average Bonchev–Trinajstić information content (AvgIpc) is 2.26. The molecule has 0 atom stereocenters. The van der Waals surface area contributed by atoms with E-state index in [0.29, 0.717) is 13.1 Å². The summed E-state index contributed by atoms with van der Waals surface area (Å²) in [6, 6.07) is 2.02. The first-order valence-electron chi connectivity index (χ1n) is 5.96. The molecule has 0 aromatic carbocycles. The van der Waals surface area contributed by atoms with Gasteiger partial charge in [0.2, 0.25) is 0 Å². The number of aromatic nitrogens is 1. The molecule has 18 heavy (non-hydrogen) atoms. The minimum atomic E-state index is -0.449. The molecule has 5 heteroatoms. The molecular weight excluding hydrogens is 296 g/mol. The Morgan fingerprint density at radius 1 is 1.44 bits per heavy atom. The number of fused-ring (bicyclic) bond motifs is 1. The predicted molar refractivity (Wildman–Crippen MR) is 72.3 cm³/mol. The van der Waals surface area contributed by atoms with Gasteiger partial charge >= 0.3 is 6.09 Å². The Bertz CT molecular complexity index is 469. The van der Waals surface area contributed by atoms with E-state index in [-0.39, 0.29) is 6.09 Å². The first kappa shape index (κ1) is 13.3. The van der Waals surface area contributed by atoms with E-state index in [1.165, 1.54) is 5.56 Å². The van der Waals surface area contributed by atoms with Crippen molar-refractivity contribution in [3.63, 3.8) is 0 Å². The van der Waals surface area contributed by atoms with Crippen LogP contribution in [0.25, 0.3) is 0 Å². The SMILES string of the molecule is CC(C)(C)OC(=O)N1CCc2cc(Br)ncc2C1. The zero-order chi connectivity index (χ0) is 13.3. The van der Waals surface area contributed by atoms with E-state index >= 15 is 0 Å². The maximum atomic E-state index is 12.0. The van der Waals surface area contributed by atoms with Crippen molar-refractivity contribution in [2.45, 2.75) is 39.3 Å². The van der Waals surface area contributed by atoms with E-state index < -0.39 is 5.60 Å². The average molecular weight is 313 g/mol. The largest absolute Gasteiger partial charge is 0.444 e. The van der Waals surface area contributed by atoms with Crippen molar-refractivity contribution in [1.29, 1.82) is 0 Å². The number of nitrogens with zero attached hydrogens (tertiary/aromatic N) is 2. The lowest BCUT2D eigenvalue weighted by molar-refractivity contribution is 0.0223. The van der Waals surface area contributed by atoms with E-state index in [0.717, 1.165) is 16.6 Å². The molecule has 2 heterocycles. The molecule has 0 aliphatic carbocycles. The standard InChI is InChI=1S/C13H17BrN2O2/c1-13(2,3)18-12(17)16-5-4-9-6-11(14)15-7-10(9)8-16/h6-7H,4-5,8H2,1-3H3. The topological polar surface area (TPSA) is 42.4 Å². The van der Waals surface area contributed by atoms with Crippen LogP contribution in [0.5, 0.6) is 0 Å². The van der Waals surface area contributed by atoms with Gasteiger partial charge in [-0.15, -0.1) is 0 Å². The van der Waals surface area contributed by atoms with Crippen molar-refractivity contribution < 1.29 is 9.53 Å². The van der Waals surface area contributed by atoms with Crippen LogP contribution in [-0.2, 0) is 17.7 Å². The second kappa shape index (κ2) is 4.88. The van der Waals surface area contributed by atoms with Crippen LogP contribution in [0.4, 0.5) is 4.79 Å². The maximum absolute atomic E-state index is 12.0. The summed E-state index contributed by atoms with van der Waals surface area (Å²) >= 11 is 3.36. The minimum Gasteiger partial charge on any atom is -0.444 e. The third-order valence-corrected chi connectivity index (χ3v) is 3.15. The molecular formula is C13H17BrN2O2. The fourth-order valence-electron chi connectivity index (χ4n) is 1.89. The monoisotopic (exact) mass is 312 g/mol. The number of hydrogen-bond acceptors (Lipinski definition) is 3. The van der Waals surface area contributed by atoms with Gasteiger partial charge in [0.1, 0.15) is 10.2 Å². The Hall–Kier alpha value is -1.10. The Labute approximate surface area is 115 Å². The van der Waals surface area contributed by atoms with E-state index in [4.69, 9.17) is 4.74 Å². The number of carbonyl (C=O) groups excluding carboxylic acids is 1. The quantitative estimate of drug-likeness (QED) is 0.691. The lowest BCUT2D eigenvalue weighted by atomic mass is 10.0. The van der Waals surface area contributed by atoms with Gasteiger partial charge < -0.3 is 9.64 Å². The third-order valence-electron chi connectivity index (χ3n) is 2.71. The second-order valence-electron chi connectivity index (χ2n) is 5.43. The number of rotatable bonds is 0. The van der Waals surface area contributed by atoms with Gasteiger partial charge in [-0.3, -0.25) is 0 Å². The third kappa shape index (κ3) is 3.22. The molecule has 0 bridgehead atoms. The lowest BCUT2D eigenvalue weighted by Crippen LogP contribution is -2.39. The van der Waals surface area contributed by atoms with E-state index in [1.54, 1.807) is 4.90 Å². The molecule has 0 unspecified atom stereocenters. The Kier molecular flexibility index (Phi) is 3.61. The highest BCUT2D eigenvalue weighted by Gasteiger charge is 2.25. The summed E-state index contributed by atoms with van der Waals surface area (Å²) in [4.78, 5) is 17.9. The van der Waals surface area contributed by atoms with Crippen LogP contribution in [0, 0.1) is 0 Å². The van der Waals surface area contributed by atoms with Gasteiger partial charge in [0.25, 0.3) is 0 Å². The lowest BCUT2D eigenvalue weighted by Gasteiger charge is -2.31. The van der Waals surface area contributed by atoms with Crippen molar-refractivity contribution in [2.75, 3.05) is 6.54 Å². The summed E-state index contributed by atoms with van der Waals surface area (Å²) in [6.45, 7) is 6.90. The molecule has 0 saturated heterocycles. The summed E-state index contributed by atoms with van der Waals surface area (Å²) in [5.41, 5.74) is 1.89. The number of ether oxygens (including phenoxy) is 1. The molecule has 1 aromatic rings. The molecule has 0 spiro atoms. The Morgan fingerprint density at radius 2 is 2.17 bits per heavy atom. The first-order valence-corrected chi connectivity index (χ1v) is 6.76. The summed E-state index contributed by atoms with van der Waals surface area (Å²) < 4.78 is 6.21. The fourth-order valence-corrected chi connectivity index (χ4v) is 2.27. The molecule has 0 fully saturated rings. The molecule has 4 nitrogen and oxygen atoms in total. The molecule has 98 valence electrons. The highest BCUT2D eigenvalue weighted by molar-refractivity contribution is 9.10. The van der Waals surface area contributed by atoms with Gasteiger partial charge in [0.15, 0.2) is 0 Å². The Balaban J connectivity index is 2.08. The number of halogens is 1. The number of carbonyl (C=O) groups is 1. The van der Waals surface area contributed by atoms with Gasteiger partial charge in [0.05, 0.1) is 6.54 Å². The zero-order valence-electron chi connectivity index (χ0n) is 10.9. The fraction of sp³-hybridized carbons (Fsp3) is 0.538. The molecule has 0 saturated carbocycles. The van der Waals surface area contributed by atoms with Crippen molar-refractivity contribution in [3.8, 4) is 0 Å². The first-order chi connectivity index (χ1) is 8.35. The highest BCUT2D eigenvalue weighted by Crippen LogP contribution is 2.22. The summed E-state index contributed by atoms with van der Waals surface area (Å²) in [7, 11) is 0. The highest BCUT2D eigenvalue weighted by atomic mass is 79.9. The van der Waals surface area contributed by atoms with Crippen LogP contribution < -0.4 is 0 Å². The van der Waals surface area contributed by atoms with Gasteiger partial charge in [0, 0.05) is 12.7 Å². The van der Waals surface area contributed by atoms with Gasteiger partial charge in [-0.25, -0.2) is 9.78 Å². The molecule has 1 amide bonds. The van der Waals surface area contributed by atoms with Crippen molar-refractivity contribution in [2.24, 2.45) is 0 Å². The van der Waals surface area contributed by atoms with E-state index in [9.17, 15) is 4.79 Å². The number of hydrogen-bond donors (Lipinski definition) is 0. The molecule has 0 radical (unpaired) electrons. The van der Waals surface area contributed by atoms with Crippen molar-refractivity contribution >= 4 is 22.0 Å². The molecule has 1 aliphatic rings. The van der Waals surface area contributed by atoms with Crippen LogP contribution in [0.1, 0.15) is 31.9 Å². The summed E-state index contributed by atoms with van der Waals surface area (Å²) in [5, 5.41) is 0. The second-order valence-corrected chi connectivity index (χ2v) is 6.24. The van der Waals surface area contributed by atoms with Crippen LogP contribution in [0.2, 0.25) is 0 Å². The van der Waals surface area contributed by atoms with Crippen molar-refractivity contribution in [3.05, 3.63) is 28.0 Å². The Morgan fingerprint density at radius 3 is 2.83 bits per heavy atom. The smallest absolute Gasteiger partial charge is 0.410 e. The number of pyridine rings is 1. The van der Waals surface area contributed by atoms with Gasteiger partial charge in [-0.2, -0.15) is 0 Å². The van der Waals surface area contributed by atoms with Crippen LogP contribution in [0.3, 0.4) is 0 Å². The molecule has 1 aromatic heterocycles. The van der Waals surface area contributed by atoms with Gasteiger partial charge in [-0.1, -0.05) is 0 Å². The van der Waals surface area contributed by atoms with Crippen molar-refractivity contribution in [1.82, 2.24) is 9.88 Å². The maximum Gasteiger partial charge on any atom is 0.410 e. The molecule has 0 N–H and O–H groups in total. The normalized spacial score (nSPS) is 15.2. The van der Waals surface area contributed by atoms with Gasteiger partial charge in [-0.05, 0) is 60.3 Å². The van der Waals surface area contributed by atoms with Crippen LogP contribution in [0.15, 0.2) is 16.9 Å². The van der Waals surface area contributed by atoms with E-state index in [2.05, 4.69) is 20.9 Å². The summed E-state index contributed by atoms with van der Waals surface area (Å²) in [5.74, 6) is 0. The zero-order valence-corrected chi connectivity index (χ0v) is 12.5. The minimum absolute atomic E-state index is 0.254. The summed E-state index contributed by atoms with van der Waals surface area (Å²) in [6.07, 6.45) is 2.40. The van der Waals surface area contributed by atoms with Crippen LogP contribution >= 0.6 is 15.9 Å². The molecule has 1 aliphatic heterocycles. The number of amides is 1. The predicted octanol–water partition coefficient (Wildman–Crippen LogP) is 3.14. The molecule has 2 rings (SSSR count). The van der Waals surface area contributed by atoms with E-state index in [1.807, 2.05) is 33.0 Å². The van der Waals surface area contributed by atoms with Crippen LogP contribution in [-0.4, -0.2) is 28.1 Å².